The highest BCUT2D eigenvalue weighted by atomic mass is 16.5. The van der Waals surface area contributed by atoms with E-state index in [1.54, 1.807) is 12.1 Å². The van der Waals surface area contributed by atoms with Crippen LogP contribution < -0.4 is 10.2 Å². The molecule has 0 aliphatic carbocycles. The average molecular weight is 287 g/mol. The van der Waals surface area contributed by atoms with Crippen molar-refractivity contribution in [3.63, 3.8) is 0 Å². The van der Waals surface area contributed by atoms with Crippen molar-refractivity contribution in [2.75, 3.05) is 0 Å². The molecule has 0 saturated carbocycles. The van der Waals surface area contributed by atoms with Crippen LogP contribution in [-0.2, 0) is 20.9 Å². The van der Waals surface area contributed by atoms with Gasteiger partial charge in [0.05, 0.1) is 11.2 Å². The highest BCUT2D eigenvalue weighted by molar-refractivity contribution is 5.80. The number of carbonyl (C=O) groups is 2. The molecule has 0 bridgehead atoms. The zero-order valence-corrected chi connectivity index (χ0v) is 11.6. The third-order valence-electron chi connectivity index (χ3n) is 2.61. The predicted octanol–water partition coefficient (Wildman–Crippen LogP) is 1.58. The summed E-state index contributed by atoms with van der Waals surface area (Å²) >= 11 is 0. The van der Waals surface area contributed by atoms with Gasteiger partial charge in [0, 0.05) is 19.2 Å². The lowest BCUT2D eigenvalue weighted by Gasteiger charge is -2.02. The van der Waals surface area contributed by atoms with E-state index in [0.29, 0.717) is 16.6 Å². The topological polar surface area (TPSA) is 82.6 Å². The SMILES string of the molecule is CC(=O)OCc1ccc2cc(OC(C)=O)c(=O)ccc2n1. The molecule has 0 atom stereocenters. The molecule has 0 N–H and O–H groups in total. The molecule has 0 aliphatic rings. The fourth-order valence-electron chi connectivity index (χ4n) is 1.72. The van der Waals surface area contributed by atoms with E-state index in [1.165, 1.54) is 32.0 Å². The third kappa shape index (κ3) is 3.85. The molecule has 0 spiro atoms. The second-order valence-corrected chi connectivity index (χ2v) is 4.36. The van der Waals surface area contributed by atoms with Crippen LogP contribution in [0.15, 0.2) is 35.1 Å². The number of hydrogen-bond donors (Lipinski definition) is 0. The van der Waals surface area contributed by atoms with Gasteiger partial charge in [0.1, 0.15) is 6.61 Å². The molecule has 6 heteroatoms. The Balaban J connectivity index is 2.45. The summed E-state index contributed by atoms with van der Waals surface area (Å²) in [6, 6.07) is 7.66. The fraction of sp³-hybridized carbons (Fsp3) is 0.200. The standard InChI is InChI=1S/C15H13NO5/c1-9(17)20-8-12-4-3-11-7-15(21-10(2)18)14(19)6-5-13(11)16-12/h3-7H,8H2,1-2H3. The first-order valence-electron chi connectivity index (χ1n) is 6.21. The molecule has 6 nitrogen and oxygen atoms in total. The lowest BCUT2D eigenvalue weighted by molar-refractivity contribution is -0.142. The maximum atomic E-state index is 11.8. The predicted molar refractivity (Wildman–Crippen MR) is 74.8 cm³/mol. The van der Waals surface area contributed by atoms with Crippen LogP contribution in [0.1, 0.15) is 19.5 Å². The van der Waals surface area contributed by atoms with Crippen molar-refractivity contribution in [1.29, 1.82) is 0 Å². The van der Waals surface area contributed by atoms with Gasteiger partial charge in [0.15, 0.2) is 5.75 Å². The summed E-state index contributed by atoms with van der Waals surface area (Å²) in [4.78, 5) is 37.8. The van der Waals surface area contributed by atoms with Gasteiger partial charge in [-0.2, -0.15) is 0 Å². The smallest absolute Gasteiger partial charge is 0.308 e. The molecular weight excluding hydrogens is 274 g/mol. The molecule has 0 amide bonds. The fourth-order valence-corrected chi connectivity index (χ4v) is 1.72. The van der Waals surface area contributed by atoms with Crippen molar-refractivity contribution < 1.29 is 19.1 Å². The van der Waals surface area contributed by atoms with E-state index >= 15 is 0 Å². The van der Waals surface area contributed by atoms with E-state index in [9.17, 15) is 14.4 Å². The van der Waals surface area contributed by atoms with Crippen molar-refractivity contribution in [1.82, 2.24) is 4.98 Å². The normalized spacial score (nSPS) is 10.2. The Labute approximate surface area is 120 Å². The van der Waals surface area contributed by atoms with Crippen molar-refractivity contribution in [2.45, 2.75) is 20.5 Å². The summed E-state index contributed by atoms with van der Waals surface area (Å²) in [5, 5.41) is 0.639. The van der Waals surface area contributed by atoms with Crippen LogP contribution in [0.4, 0.5) is 0 Å². The van der Waals surface area contributed by atoms with Gasteiger partial charge in [-0.05, 0) is 24.3 Å². The molecular formula is C15H13NO5. The Hall–Kier alpha value is -2.76. The van der Waals surface area contributed by atoms with Crippen LogP contribution >= 0.6 is 0 Å². The quantitative estimate of drug-likeness (QED) is 0.797. The number of esters is 2. The number of ether oxygens (including phenoxy) is 2. The largest absolute Gasteiger partial charge is 0.459 e. The number of aromatic nitrogens is 1. The van der Waals surface area contributed by atoms with Gasteiger partial charge in [-0.25, -0.2) is 4.98 Å². The lowest BCUT2D eigenvalue weighted by atomic mass is 10.2. The average Bonchev–Trinajstić information content (AvgIpc) is 2.56. The summed E-state index contributed by atoms with van der Waals surface area (Å²) in [5.74, 6) is -1.01. The minimum absolute atomic E-state index is 0.0490. The molecule has 108 valence electrons. The number of hydrogen-bond acceptors (Lipinski definition) is 6. The summed E-state index contributed by atoms with van der Waals surface area (Å²) in [6.45, 7) is 2.60. The zero-order chi connectivity index (χ0) is 15.4. The first kappa shape index (κ1) is 14.6. The number of nitrogens with zero attached hydrogens (tertiary/aromatic N) is 1. The maximum absolute atomic E-state index is 11.8. The molecule has 21 heavy (non-hydrogen) atoms. The number of pyridine rings is 1. The van der Waals surface area contributed by atoms with Gasteiger partial charge in [0.25, 0.3) is 0 Å². The summed E-state index contributed by atoms with van der Waals surface area (Å²) in [6.07, 6.45) is 0. The minimum atomic E-state index is -0.564. The summed E-state index contributed by atoms with van der Waals surface area (Å²) in [7, 11) is 0. The number of carbonyl (C=O) groups excluding carboxylic acids is 2. The summed E-state index contributed by atoms with van der Waals surface area (Å²) in [5.41, 5.74) is 0.685. The van der Waals surface area contributed by atoms with E-state index in [0.717, 1.165) is 0 Å². The molecule has 2 rings (SSSR count). The Bertz CT molecular complexity index is 769. The second-order valence-electron chi connectivity index (χ2n) is 4.36. The van der Waals surface area contributed by atoms with Crippen LogP contribution in [-0.4, -0.2) is 16.9 Å². The van der Waals surface area contributed by atoms with Crippen molar-refractivity contribution in [2.24, 2.45) is 0 Å². The Kier molecular flexibility index (Phi) is 4.27. The van der Waals surface area contributed by atoms with Crippen LogP contribution in [0.25, 0.3) is 10.9 Å². The van der Waals surface area contributed by atoms with Gasteiger partial charge in [-0.15, -0.1) is 0 Å². The molecule has 0 aliphatic heterocycles. The van der Waals surface area contributed by atoms with Crippen molar-refractivity contribution in [3.8, 4) is 5.75 Å². The van der Waals surface area contributed by atoms with Crippen LogP contribution in [0.3, 0.4) is 0 Å². The Morgan fingerprint density at radius 2 is 1.86 bits per heavy atom. The Morgan fingerprint density at radius 1 is 1.10 bits per heavy atom. The highest BCUT2D eigenvalue weighted by Gasteiger charge is 2.05. The van der Waals surface area contributed by atoms with Gasteiger partial charge in [-0.3, -0.25) is 14.4 Å². The molecule has 0 saturated heterocycles. The number of rotatable bonds is 3. The van der Waals surface area contributed by atoms with Gasteiger partial charge in [-0.1, -0.05) is 6.07 Å². The third-order valence-corrected chi connectivity index (χ3v) is 2.61. The first-order valence-corrected chi connectivity index (χ1v) is 6.21. The van der Waals surface area contributed by atoms with E-state index in [-0.39, 0.29) is 12.4 Å². The van der Waals surface area contributed by atoms with E-state index in [4.69, 9.17) is 9.47 Å². The first-order chi connectivity index (χ1) is 9.95. The van der Waals surface area contributed by atoms with Crippen LogP contribution in [0.5, 0.6) is 5.75 Å². The van der Waals surface area contributed by atoms with E-state index < -0.39 is 17.4 Å². The molecule has 1 aromatic heterocycles. The van der Waals surface area contributed by atoms with Gasteiger partial charge < -0.3 is 9.47 Å². The molecule has 0 radical (unpaired) electrons. The monoisotopic (exact) mass is 287 g/mol. The van der Waals surface area contributed by atoms with Crippen LogP contribution in [0.2, 0.25) is 0 Å². The molecule has 0 fully saturated rings. The van der Waals surface area contributed by atoms with Crippen molar-refractivity contribution >= 4 is 22.8 Å². The maximum Gasteiger partial charge on any atom is 0.308 e. The molecule has 1 aromatic carbocycles. The molecule has 2 aromatic rings. The van der Waals surface area contributed by atoms with E-state index in [1.807, 2.05) is 0 Å². The van der Waals surface area contributed by atoms with Gasteiger partial charge in [0.2, 0.25) is 5.43 Å². The minimum Gasteiger partial charge on any atom is -0.459 e. The highest BCUT2D eigenvalue weighted by Crippen LogP contribution is 2.15. The molecule has 0 unspecified atom stereocenters. The van der Waals surface area contributed by atoms with Crippen molar-refractivity contribution in [3.05, 3.63) is 46.2 Å². The molecule has 1 heterocycles. The Morgan fingerprint density at radius 3 is 2.52 bits per heavy atom. The van der Waals surface area contributed by atoms with E-state index in [2.05, 4.69) is 4.98 Å². The van der Waals surface area contributed by atoms with Crippen LogP contribution in [0, 0.1) is 0 Å². The van der Waals surface area contributed by atoms with Gasteiger partial charge >= 0.3 is 11.9 Å². The number of fused-ring (bicyclic) bond motifs is 1. The lowest BCUT2D eigenvalue weighted by Crippen LogP contribution is -2.08. The summed E-state index contributed by atoms with van der Waals surface area (Å²) < 4.78 is 9.74. The second kappa shape index (κ2) is 6.13. The zero-order valence-electron chi connectivity index (χ0n) is 11.6.